The van der Waals surface area contributed by atoms with E-state index in [0.29, 0.717) is 23.4 Å². The summed E-state index contributed by atoms with van der Waals surface area (Å²) < 4.78 is 14.6. The van der Waals surface area contributed by atoms with E-state index in [1.807, 2.05) is 13.8 Å². The monoisotopic (exact) mass is 233 g/mol. The van der Waals surface area contributed by atoms with Gasteiger partial charge in [-0.05, 0) is 24.1 Å². The van der Waals surface area contributed by atoms with Gasteiger partial charge < -0.3 is 0 Å². The molecule has 0 aliphatic carbocycles. The third-order valence-corrected chi connectivity index (χ3v) is 2.44. The van der Waals surface area contributed by atoms with E-state index in [-0.39, 0.29) is 11.7 Å². The first kappa shape index (κ1) is 11.4. The Hall–Kier alpha value is -2.04. The van der Waals surface area contributed by atoms with Gasteiger partial charge in [-0.2, -0.15) is 0 Å². The molecule has 17 heavy (non-hydrogen) atoms. The average molecular weight is 233 g/mol. The van der Waals surface area contributed by atoms with Crippen molar-refractivity contribution in [1.82, 2.24) is 15.0 Å². The lowest BCUT2D eigenvalue weighted by Crippen LogP contribution is -2.05. The van der Waals surface area contributed by atoms with Crippen molar-refractivity contribution in [2.24, 2.45) is 0 Å². The number of hydrogen-bond donors (Lipinski definition) is 0. The van der Waals surface area contributed by atoms with E-state index in [1.165, 1.54) is 16.8 Å². The number of halogens is 1. The quantitative estimate of drug-likeness (QED) is 0.764. The smallest absolute Gasteiger partial charge is 0.172 e. The minimum atomic E-state index is -0.347. The molecule has 1 heterocycles. The van der Waals surface area contributed by atoms with Crippen molar-refractivity contribution in [3.05, 3.63) is 41.5 Å². The molecule has 0 amide bonds. The lowest BCUT2D eigenvalue weighted by atomic mass is 10.1. The lowest BCUT2D eigenvalue weighted by Gasteiger charge is -2.09. The summed E-state index contributed by atoms with van der Waals surface area (Å²) in [5, 5.41) is 7.67. The van der Waals surface area contributed by atoms with Crippen LogP contribution in [0.5, 0.6) is 0 Å². The second kappa shape index (κ2) is 4.45. The SMILES string of the molecule is CC(C)c1c(C=O)nnn1-c1cccc(F)c1. The van der Waals surface area contributed by atoms with Gasteiger partial charge >= 0.3 is 0 Å². The highest BCUT2D eigenvalue weighted by molar-refractivity contribution is 5.73. The highest BCUT2D eigenvalue weighted by Gasteiger charge is 2.16. The molecular weight excluding hydrogens is 221 g/mol. The Labute approximate surface area is 98.1 Å². The molecule has 0 N–H and O–H groups in total. The van der Waals surface area contributed by atoms with Crippen molar-refractivity contribution in [3.8, 4) is 5.69 Å². The molecule has 0 saturated carbocycles. The van der Waals surface area contributed by atoms with E-state index in [4.69, 9.17) is 0 Å². The second-order valence-corrected chi connectivity index (χ2v) is 4.02. The van der Waals surface area contributed by atoms with Crippen LogP contribution in [0, 0.1) is 5.82 Å². The van der Waals surface area contributed by atoms with Crippen LogP contribution in [0.1, 0.15) is 35.9 Å². The summed E-state index contributed by atoms with van der Waals surface area (Å²) in [6, 6.07) is 6.03. The Balaban J connectivity index is 2.59. The Kier molecular flexibility index (Phi) is 2.99. The van der Waals surface area contributed by atoms with Crippen LogP contribution in [-0.4, -0.2) is 21.3 Å². The minimum absolute atomic E-state index is 0.0773. The van der Waals surface area contributed by atoms with Gasteiger partial charge in [-0.25, -0.2) is 9.07 Å². The van der Waals surface area contributed by atoms with Gasteiger partial charge in [-0.15, -0.1) is 5.10 Å². The molecule has 0 saturated heterocycles. The standard InChI is InChI=1S/C12H12FN3O/c1-8(2)12-11(7-17)14-15-16(12)10-5-3-4-9(13)6-10/h3-8H,1-2H3. The maximum Gasteiger partial charge on any atom is 0.172 e. The Bertz CT molecular complexity index is 548. The molecule has 0 aliphatic rings. The summed E-state index contributed by atoms with van der Waals surface area (Å²) in [6.45, 7) is 3.86. The van der Waals surface area contributed by atoms with Crippen LogP contribution >= 0.6 is 0 Å². The Morgan fingerprint density at radius 1 is 1.41 bits per heavy atom. The van der Waals surface area contributed by atoms with Gasteiger partial charge in [0.1, 0.15) is 11.5 Å². The Morgan fingerprint density at radius 3 is 2.76 bits per heavy atom. The van der Waals surface area contributed by atoms with Gasteiger partial charge in [0, 0.05) is 0 Å². The first-order valence-electron chi connectivity index (χ1n) is 5.30. The van der Waals surface area contributed by atoms with Crippen molar-refractivity contribution < 1.29 is 9.18 Å². The molecule has 2 aromatic rings. The summed E-state index contributed by atoms with van der Waals surface area (Å²) in [4.78, 5) is 10.9. The normalized spacial score (nSPS) is 10.8. The number of aromatic nitrogens is 3. The van der Waals surface area contributed by atoms with Crippen LogP contribution in [0.4, 0.5) is 4.39 Å². The lowest BCUT2D eigenvalue weighted by molar-refractivity contribution is 0.111. The number of carbonyl (C=O) groups excluding carboxylic acids is 1. The Morgan fingerprint density at radius 2 is 2.18 bits per heavy atom. The highest BCUT2D eigenvalue weighted by atomic mass is 19.1. The maximum absolute atomic E-state index is 13.1. The number of nitrogens with zero attached hydrogens (tertiary/aromatic N) is 3. The van der Waals surface area contributed by atoms with Crippen molar-refractivity contribution in [3.63, 3.8) is 0 Å². The van der Waals surface area contributed by atoms with E-state index in [2.05, 4.69) is 10.3 Å². The van der Waals surface area contributed by atoms with E-state index >= 15 is 0 Å². The first-order valence-corrected chi connectivity index (χ1v) is 5.30. The number of benzene rings is 1. The van der Waals surface area contributed by atoms with Crippen LogP contribution in [0.2, 0.25) is 0 Å². The van der Waals surface area contributed by atoms with Crippen molar-refractivity contribution in [2.75, 3.05) is 0 Å². The van der Waals surface area contributed by atoms with Gasteiger partial charge in [0.05, 0.1) is 11.4 Å². The zero-order chi connectivity index (χ0) is 12.4. The molecule has 4 nitrogen and oxygen atoms in total. The van der Waals surface area contributed by atoms with E-state index < -0.39 is 0 Å². The molecule has 88 valence electrons. The number of hydrogen-bond acceptors (Lipinski definition) is 3. The molecule has 0 spiro atoms. The predicted octanol–water partition coefficient (Wildman–Crippen LogP) is 2.34. The minimum Gasteiger partial charge on any atom is -0.296 e. The summed E-state index contributed by atoms with van der Waals surface area (Å²) in [7, 11) is 0. The summed E-state index contributed by atoms with van der Waals surface area (Å²) in [6.07, 6.45) is 0.665. The van der Waals surface area contributed by atoms with Crippen molar-refractivity contribution in [2.45, 2.75) is 19.8 Å². The van der Waals surface area contributed by atoms with Crippen LogP contribution in [-0.2, 0) is 0 Å². The average Bonchev–Trinajstić information content (AvgIpc) is 2.72. The summed E-state index contributed by atoms with van der Waals surface area (Å²) in [5.74, 6) is -0.270. The van der Waals surface area contributed by atoms with Gasteiger partial charge in [-0.3, -0.25) is 4.79 Å². The fourth-order valence-electron chi connectivity index (χ4n) is 1.72. The molecule has 0 bridgehead atoms. The van der Waals surface area contributed by atoms with E-state index in [9.17, 15) is 9.18 Å². The zero-order valence-corrected chi connectivity index (χ0v) is 9.59. The fraction of sp³-hybridized carbons (Fsp3) is 0.250. The van der Waals surface area contributed by atoms with E-state index in [0.717, 1.165) is 0 Å². The van der Waals surface area contributed by atoms with Gasteiger partial charge in [-0.1, -0.05) is 25.1 Å². The molecule has 0 radical (unpaired) electrons. The van der Waals surface area contributed by atoms with Gasteiger partial charge in [0.15, 0.2) is 6.29 Å². The van der Waals surface area contributed by atoms with Crippen LogP contribution in [0.15, 0.2) is 24.3 Å². The number of carbonyl (C=O) groups is 1. The third kappa shape index (κ3) is 2.08. The molecule has 0 atom stereocenters. The topological polar surface area (TPSA) is 47.8 Å². The van der Waals surface area contributed by atoms with Crippen LogP contribution < -0.4 is 0 Å². The predicted molar refractivity (Wildman–Crippen MR) is 60.8 cm³/mol. The van der Waals surface area contributed by atoms with Gasteiger partial charge in [0.2, 0.25) is 0 Å². The second-order valence-electron chi connectivity index (χ2n) is 4.02. The van der Waals surface area contributed by atoms with Crippen molar-refractivity contribution in [1.29, 1.82) is 0 Å². The highest BCUT2D eigenvalue weighted by Crippen LogP contribution is 2.20. The van der Waals surface area contributed by atoms with Gasteiger partial charge in [0.25, 0.3) is 0 Å². The number of rotatable bonds is 3. The fourth-order valence-corrected chi connectivity index (χ4v) is 1.72. The van der Waals surface area contributed by atoms with Crippen LogP contribution in [0.3, 0.4) is 0 Å². The maximum atomic E-state index is 13.1. The molecule has 2 rings (SSSR count). The largest absolute Gasteiger partial charge is 0.296 e. The molecule has 1 aromatic heterocycles. The molecule has 0 fully saturated rings. The molecule has 0 unspecified atom stereocenters. The molecular formula is C12H12FN3O. The first-order chi connectivity index (χ1) is 8.13. The summed E-state index contributed by atoms with van der Waals surface area (Å²) in [5.41, 5.74) is 1.55. The molecule has 0 aliphatic heterocycles. The third-order valence-electron chi connectivity index (χ3n) is 2.44. The molecule has 1 aromatic carbocycles. The summed E-state index contributed by atoms with van der Waals surface area (Å²) >= 11 is 0. The van der Waals surface area contributed by atoms with Crippen molar-refractivity contribution >= 4 is 6.29 Å². The molecule has 5 heteroatoms. The number of aldehydes is 1. The van der Waals surface area contributed by atoms with E-state index in [1.54, 1.807) is 12.1 Å². The zero-order valence-electron chi connectivity index (χ0n) is 9.59. The van der Waals surface area contributed by atoms with Crippen LogP contribution in [0.25, 0.3) is 5.69 Å².